The number of ether oxygens (including phenoxy) is 1. The normalized spacial score (nSPS) is 10.4. The van der Waals surface area contributed by atoms with Gasteiger partial charge in [0.15, 0.2) is 0 Å². The minimum Gasteiger partial charge on any atom is -0.462 e. The van der Waals surface area contributed by atoms with Crippen molar-refractivity contribution in [1.82, 2.24) is 0 Å². The minimum atomic E-state index is -0.412. The Morgan fingerprint density at radius 3 is 2.52 bits per heavy atom. The standard InChI is InChI=1S/C17H18ClNO3S/c1-3-13-10-14(17(21)22-4-2)16(23-13)19-15(20)9-11-5-7-12(18)8-6-11/h5-8,10H,3-4,9H2,1-2H3,(H,19,20). The number of benzene rings is 1. The first kappa shape index (κ1) is 17.5. The van der Waals surface area contributed by atoms with Gasteiger partial charge in [-0.1, -0.05) is 30.7 Å². The lowest BCUT2D eigenvalue weighted by molar-refractivity contribution is -0.115. The predicted octanol–water partition coefficient (Wildman–Crippen LogP) is 4.32. The Morgan fingerprint density at radius 2 is 1.91 bits per heavy atom. The van der Waals surface area contributed by atoms with E-state index in [4.69, 9.17) is 16.3 Å². The predicted molar refractivity (Wildman–Crippen MR) is 93.4 cm³/mol. The fourth-order valence-corrected chi connectivity index (χ4v) is 3.15. The number of hydrogen-bond donors (Lipinski definition) is 1. The van der Waals surface area contributed by atoms with E-state index >= 15 is 0 Å². The van der Waals surface area contributed by atoms with E-state index in [2.05, 4.69) is 5.32 Å². The van der Waals surface area contributed by atoms with Crippen LogP contribution < -0.4 is 5.32 Å². The summed E-state index contributed by atoms with van der Waals surface area (Å²) in [6, 6.07) is 8.88. The molecule has 1 aromatic heterocycles. The fourth-order valence-electron chi connectivity index (χ4n) is 2.03. The topological polar surface area (TPSA) is 55.4 Å². The molecule has 0 saturated carbocycles. The summed E-state index contributed by atoms with van der Waals surface area (Å²) in [5, 5.41) is 3.98. The van der Waals surface area contributed by atoms with Crippen molar-refractivity contribution >= 4 is 39.8 Å². The van der Waals surface area contributed by atoms with Crippen LogP contribution in [-0.4, -0.2) is 18.5 Å². The number of amides is 1. The van der Waals surface area contributed by atoms with Crippen molar-refractivity contribution in [1.29, 1.82) is 0 Å². The lowest BCUT2D eigenvalue weighted by Crippen LogP contribution is -2.16. The first-order valence-corrected chi connectivity index (χ1v) is 8.57. The van der Waals surface area contributed by atoms with E-state index in [1.165, 1.54) is 11.3 Å². The zero-order valence-electron chi connectivity index (χ0n) is 13.0. The van der Waals surface area contributed by atoms with E-state index in [1.807, 2.05) is 6.92 Å². The number of halogens is 1. The smallest absolute Gasteiger partial charge is 0.341 e. The zero-order valence-corrected chi connectivity index (χ0v) is 14.6. The van der Waals surface area contributed by atoms with Gasteiger partial charge in [-0.05, 0) is 37.1 Å². The molecule has 1 heterocycles. The Hall–Kier alpha value is -1.85. The van der Waals surface area contributed by atoms with E-state index in [1.54, 1.807) is 37.3 Å². The molecule has 2 aromatic rings. The number of nitrogens with one attached hydrogen (secondary N) is 1. The van der Waals surface area contributed by atoms with E-state index in [9.17, 15) is 9.59 Å². The van der Waals surface area contributed by atoms with Gasteiger partial charge >= 0.3 is 5.97 Å². The molecule has 6 heteroatoms. The lowest BCUT2D eigenvalue weighted by Gasteiger charge is -2.06. The van der Waals surface area contributed by atoms with Gasteiger partial charge in [0, 0.05) is 9.90 Å². The quantitative estimate of drug-likeness (QED) is 0.788. The van der Waals surface area contributed by atoms with Gasteiger partial charge in [0.1, 0.15) is 5.00 Å². The summed E-state index contributed by atoms with van der Waals surface area (Å²) in [5.74, 6) is -0.590. The summed E-state index contributed by atoms with van der Waals surface area (Å²) >= 11 is 7.23. The SMILES string of the molecule is CCOC(=O)c1cc(CC)sc1NC(=O)Cc1ccc(Cl)cc1. The fraction of sp³-hybridized carbons (Fsp3) is 0.294. The van der Waals surface area contributed by atoms with Crippen LogP contribution in [0.15, 0.2) is 30.3 Å². The van der Waals surface area contributed by atoms with Gasteiger partial charge in [-0.15, -0.1) is 11.3 Å². The molecule has 0 atom stereocenters. The van der Waals surface area contributed by atoms with E-state index in [-0.39, 0.29) is 12.3 Å². The Balaban J connectivity index is 2.11. The summed E-state index contributed by atoms with van der Waals surface area (Å²) in [6.07, 6.45) is 1.02. The molecular formula is C17H18ClNO3S. The Kier molecular flexibility index (Phi) is 6.19. The number of anilines is 1. The average molecular weight is 352 g/mol. The zero-order chi connectivity index (χ0) is 16.8. The van der Waals surface area contributed by atoms with Gasteiger partial charge in [-0.25, -0.2) is 4.79 Å². The van der Waals surface area contributed by atoms with Crippen LogP contribution in [0.1, 0.15) is 34.6 Å². The van der Waals surface area contributed by atoms with E-state index in [0.717, 1.165) is 16.9 Å². The maximum atomic E-state index is 12.2. The molecule has 0 aliphatic rings. The second kappa shape index (κ2) is 8.13. The van der Waals surface area contributed by atoms with Gasteiger partial charge in [0.2, 0.25) is 5.91 Å². The van der Waals surface area contributed by atoms with Crippen molar-refractivity contribution < 1.29 is 14.3 Å². The summed E-state index contributed by atoms with van der Waals surface area (Å²) in [5.41, 5.74) is 1.27. The molecule has 0 saturated heterocycles. The van der Waals surface area contributed by atoms with Crippen molar-refractivity contribution in [2.45, 2.75) is 26.7 Å². The molecule has 2 rings (SSSR count). The third-order valence-electron chi connectivity index (χ3n) is 3.16. The summed E-state index contributed by atoms with van der Waals surface area (Å²) < 4.78 is 5.04. The van der Waals surface area contributed by atoms with Crippen LogP contribution >= 0.6 is 22.9 Å². The highest BCUT2D eigenvalue weighted by Gasteiger charge is 2.18. The molecule has 0 aliphatic heterocycles. The first-order valence-electron chi connectivity index (χ1n) is 7.37. The molecule has 0 spiro atoms. The molecule has 1 aromatic carbocycles. The van der Waals surface area contributed by atoms with Crippen LogP contribution in [0.25, 0.3) is 0 Å². The molecule has 1 N–H and O–H groups in total. The maximum Gasteiger partial charge on any atom is 0.341 e. The maximum absolute atomic E-state index is 12.2. The monoisotopic (exact) mass is 351 g/mol. The van der Waals surface area contributed by atoms with Gasteiger partial charge in [0.05, 0.1) is 18.6 Å². The highest BCUT2D eigenvalue weighted by atomic mass is 35.5. The molecule has 0 fully saturated rings. The number of aryl methyl sites for hydroxylation is 1. The van der Waals surface area contributed by atoms with Crippen LogP contribution in [0, 0.1) is 0 Å². The molecule has 4 nitrogen and oxygen atoms in total. The van der Waals surface area contributed by atoms with Crippen molar-refractivity contribution in [3.63, 3.8) is 0 Å². The van der Waals surface area contributed by atoms with Crippen LogP contribution in [0.2, 0.25) is 5.02 Å². The molecule has 1 amide bonds. The van der Waals surface area contributed by atoms with Gasteiger partial charge in [-0.2, -0.15) is 0 Å². The number of rotatable bonds is 6. The molecular weight excluding hydrogens is 334 g/mol. The van der Waals surface area contributed by atoms with E-state index in [0.29, 0.717) is 22.2 Å². The summed E-state index contributed by atoms with van der Waals surface area (Å²) in [7, 11) is 0. The third kappa shape index (κ3) is 4.81. The Labute approximate surface area is 144 Å². The van der Waals surface area contributed by atoms with Gasteiger partial charge < -0.3 is 10.1 Å². The molecule has 0 radical (unpaired) electrons. The second-order valence-electron chi connectivity index (χ2n) is 4.88. The van der Waals surface area contributed by atoms with Gasteiger partial charge in [0.25, 0.3) is 0 Å². The van der Waals surface area contributed by atoms with Crippen molar-refractivity contribution in [3.05, 3.63) is 51.4 Å². The van der Waals surface area contributed by atoms with Crippen LogP contribution in [0.4, 0.5) is 5.00 Å². The van der Waals surface area contributed by atoms with Crippen molar-refractivity contribution in [3.8, 4) is 0 Å². The Bertz CT molecular complexity index is 694. The second-order valence-corrected chi connectivity index (χ2v) is 6.45. The number of carbonyl (C=O) groups is 2. The molecule has 0 unspecified atom stereocenters. The minimum absolute atomic E-state index is 0.178. The largest absolute Gasteiger partial charge is 0.462 e. The molecule has 0 bridgehead atoms. The lowest BCUT2D eigenvalue weighted by atomic mass is 10.1. The molecule has 0 aliphatic carbocycles. The number of thiophene rings is 1. The third-order valence-corrected chi connectivity index (χ3v) is 4.60. The first-order chi connectivity index (χ1) is 11.0. The number of esters is 1. The highest BCUT2D eigenvalue weighted by Crippen LogP contribution is 2.29. The Morgan fingerprint density at radius 1 is 1.22 bits per heavy atom. The summed E-state index contributed by atoms with van der Waals surface area (Å²) in [6.45, 7) is 4.05. The number of carbonyl (C=O) groups excluding carboxylic acids is 2. The van der Waals surface area contributed by atoms with Crippen LogP contribution in [0.3, 0.4) is 0 Å². The van der Waals surface area contributed by atoms with Gasteiger partial charge in [-0.3, -0.25) is 4.79 Å². The van der Waals surface area contributed by atoms with Crippen LogP contribution in [0.5, 0.6) is 0 Å². The number of hydrogen-bond acceptors (Lipinski definition) is 4. The van der Waals surface area contributed by atoms with Crippen molar-refractivity contribution in [2.24, 2.45) is 0 Å². The van der Waals surface area contributed by atoms with Crippen LogP contribution in [-0.2, 0) is 22.4 Å². The molecule has 122 valence electrons. The average Bonchev–Trinajstić information content (AvgIpc) is 2.93. The molecule has 23 heavy (non-hydrogen) atoms. The van der Waals surface area contributed by atoms with Crippen molar-refractivity contribution in [2.75, 3.05) is 11.9 Å². The highest BCUT2D eigenvalue weighted by molar-refractivity contribution is 7.16. The van der Waals surface area contributed by atoms with E-state index < -0.39 is 5.97 Å². The summed E-state index contributed by atoms with van der Waals surface area (Å²) in [4.78, 5) is 25.2.